The predicted molar refractivity (Wildman–Crippen MR) is 147 cm³/mol. The molecule has 0 bridgehead atoms. The number of rotatable bonds is 9. The number of imide groups is 1. The molecule has 0 aliphatic carbocycles. The molecule has 0 fully saturated rings. The number of carbonyl (C=O) groups is 4. The quantitative estimate of drug-likeness (QED) is 0.279. The Balaban J connectivity index is 1.38. The summed E-state index contributed by atoms with van der Waals surface area (Å²) < 4.78 is 11.0. The maximum atomic E-state index is 12.8. The minimum atomic E-state index is -0.755. The van der Waals surface area contributed by atoms with E-state index < -0.39 is 17.7 Å². The summed E-state index contributed by atoms with van der Waals surface area (Å²) in [7, 11) is 0. The number of urea groups is 1. The molecule has 0 unspecified atom stereocenters. The molecule has 208 valence electrons. The van der Waals surface area contributed by atoms with Crippen LogP contribution in [0.15, 0.2) is 51.7 Å². The van der Waals surface area contributed by atoms with E-state index in [9.17, 15) is 24.0 Å². The van der Waals surface area contributed by atoms with Gasteiger partial charge in [0.2, 0.25) is 11.3 Å². The number of ether oxygens (including phenoxy) is 1. The van der Waals surface area contributed by atoms with Crippen LogP contribution in [0.2, 0.25) is 0 Å². The van der Waals surface area contributed by atoms with Crippen molar-refractivity contribution in [3.8, 4) is 0 Å². The molecule has 0 aliphatic rings. The van der Waals surface area contributed by atoms with Crippen LogP contribution in [0, 0.1) is 0 Å². The lowest BCUT2D eigenvalue weighted by atomic mass is 10.1. The summed E-state index contributed by atoms with van der Waals surface area (Å²) in [5.41, 5.74) is 0.290. The topological polar surface area (TPSA) is 147 Å². The molecule has 3 aromatic rings. The first-order chi connectivity index (χ1) is 18.5. The van der Waals surface area contributed by atoms with Gasteiger partial charge in [0.05, 0.1) is 10.8 Å². The van der Waals surface area contributed by atoms with Gasteiger partial charge in [-0.15, -0.1) is 0 Å². The Labute approximate surface area is 225 Å². The van der Waals surface area contributed by atoms with E-state index in [0.717, 1.165) is 4.90 Å². The molecule has 0 atom stereocenters. The van der Waals surface area contributed by atoms with Crippen molar-refractivity contribution in [1.29, 1.82) is 0 Å². The molecule has 1 aromatic heterocycles. The summed E-state index contributed by atoms with van der Waals surface area (Å²) in [6.45, 7) is 7.56. The Morgan fingerprint density at radius 3 is 2.31 bits per heavy atom. The lowest BCUT2D eigenvalue weighted by Crippen LogP contribution is -2.46. The molecule has 1 heterocycles. The van der Waals surface area contributed by atoms with Crippen LogP contribution in [0.5, 0.6) is 0 Å². The van der Waals surface area contributed by atoms with Gasteiger partial charge in [-0.2, -0.15) is 0 Å². The lowest BCUT2D eigenvalue weighted by Gasteiger charge is -2.25. The van der Waals surface area contributed by atoms with Crippen molar-refractivity contribution in [1.82, 2.24) is 20.9 Å². The smallest absolute Gasteiger partial charge is 0.418 e. The van der Waals surface area contributed by atoms with Crippen molar-refractivity contribution in [3.05, 3.63) is 58.3 Å². The minimum Gasteiger partial charge on any atom is -0.456 e. The van der Waals surface area contributed by atoms with E-state index >= 15 is 0 Å². The highest BCUT2D eigenvalue weighted by Crippen LogP contribution is 2.19. The number of carbonyl (C=O) groups excluding carboxylic acids is 4. The number of hydrogen-bond donors (Lipinski definition) is 3. The zero-order valence-corrected chi connectivity index (χ0v) is 22.6. The normalized spacial score (nSPS) is 11.2. The van der Waals surface area contributed by atoms with Gasteiger partial charge < -0.3 is 25.1 Å². The number of amides is 5. The van der Waals surface area contributed by atoms with E-state index in [4.69, 9.17) is 9.15 Å². The van der Waals surface area contributed by atoms with Crippen LogP contribution in [0.3, 0.4) is 0 Å². The maximum absolute atomic E-state index is 12.8. The highest BCUT2D eigenvalue weighted by atomic mass is 16.6. The summed E-state index contributed by atoms with van der Waals surface area (Å²) in [6.07, 6.45) is -0.250. The van der Waals surface area contributed by atoms with Gasteiger partial charge in [0, 0.05) is 38.2 Å². The predicted octanol–water partition coefficient (Wildman–Crippen LogP) is 3.54. The van der Waals surface area contributed by atoms with Gasteiger partial charge in [-0.1, -0.05) is 12.1 Å². The van der Waals surface area contributed by atoms with Gasteiger partial charge in [0.25, 0.3) is 5.91 Å². The molecule has 5 amide bonds. The first kappa shape index (κ1) is 29.2. The van der Waals surface area contributed by atoms with E-state index in [1.807, 2.05) is 0 Å². The Morgan fingerprint density at radius 1 is 0.897 bits per heavy atom. The van der Waals surface area contributed by atoms with E-state index in [1.54, 1.807) is 64.1 Å². The van der Waals surface area contributed by atoms with Crippen LogP contribution in [0.4, 0.5) is 9.59 Å². The summed E-state index contributed by atoms with van der Waals surface area (Å²) >= 11 is 0. The van der Waals surface area contributed by atoms with Gasteiger partial charge in [0.15, 0.2) is 0 Å². The van der Waals surface area contributed by atoms with Gasteiger partial charge in [-0.25, -0.2) is 14.5 Å². The molecular formula is C28H34N4O7. The molecule has 3 rings (SSSR count). The molecule has 3 N–H and O–H groups in total. The first-order valence-corrected chi connectivity index (χ1v) is 12.8. The molecule has 0 saturated carbocycles. The number of para-hydroxylation sites is 1. The van der Waals surface area contributed by atoms with Crippen molar-refractivity contribution in [3.63, 3.8) is 0 Å². The number of hydrogen-bond acceptors (Lipinski definition) is 7. The number of benzene rings is 2. The molecule has 0 aliphatic heterocycles. The van der Waals surface area contributed by atoms with Crippen molar-refractivity contribution >= 4 is 45.9 Å². The molecule has 0 radical (unpaired) electrons. The van der Waals surface area contributed by atoms with Gasteiger partial charge in [-0.05, 0) is 64.4 Å². The number of nitrogens with one attached hydrogen (secondary N) is 3. The molecular weight excluding hydrogens is 504 g/mol. The standard InChI is InChI=1S/C28H34N4O7/c1-5-32(27(37)39-28(2,3)4)26(36)31-16-13-23(33)29-14-8-15-30-25(35)18-11-12-22-20(17-18)24(34)19-9-6-7-10-21(19)38-22/h6-7,9-12,17H,5,8,13-16H2,1-4H3,(H,29,33)(H,30,35)(H,31,36). The van der Waals surface area contributed by atoms with E-state index in [1.165, 1.54) is 6.07 Å². The SMILES string of the molecule is CCN(C(=O)NCCC(=O)NCCCNC(=O)c1ccc2oc3ccccc3c(=O)c2c1)C(=O)OC(C)(C)C. The maximum Gasteiger partial charge on any atom is 0.418 e. The second kappa shape index (κ2) is 12.9. The van der Waals surface area contributed by atoms with Crippen LogP contribution in [-0.4, -0.2) is 60.6 Å². The Hall–Kier alpha value is -4.41. The average Bonchev–Trinajstić information content (AvgIpc) is 2.87. The van der Waals surface area contributed by atoms with Gasteiger partial charge in [0.1, 0.15) is 16.8 Å². The zero-order valence-electron chi connectivity index (χ0n) is 22.6. The third-order valence-electron chi connectivity index (χ3n) is 5.60. The van der Waals surface area contributed by atoms with Crippen LogP contribution in [0.25, 0.3) is 21.9 Å². The summed E-state index contributed by atoms with van der Waals surface area (Å²) in [5.74, 6) is -0.626. The third-order valence-corrected chi connectivity index (χ3v) is 5.60. The Bertz CT molecular complexity index is 1420. The fourth-order valence-electron chi connectivity index (χ4n) is 3.70. The van der Waals surface area contributed by atoms with Crippen molar-refractivity contribution in [2.75, 3.05) is 26.2 Å². The Morgan fingerprint density at radius 2 is 1.59 bits per heavy atom. The number of nitrogens with zero attached hydrogens (tertiary/aromatic N) is 1. The van der Waals surface area contributed by atoms with Crippen LogP contribution in [-0.2, 0) is 9.53 Å². The highest BCUT2D eigenvalue weighted by Gasteiger charge is 2.25. The second-order valence-corrected chi connectivity index (χ2v) is 9.80. The van der Waals surface area contributed by atoms with Crippen LogP contribution < -0.4 is 21.4 Å². The van der Waals surface area contributed by atoms with E-state index in [-0.39, 0.29) is 36.8 Å². The fraction of sp³-hybridized carbons (Fsp3) is 0.393. The molecule has 0 spiro atoms. The molecule has 0 saturated heterocycles. The molecule has 39 heavy (non-hydrogen) atoms. The van der Waals surface area contributed by atoms with Crippen molar-refractivity contribution < 1.29 is 28.3 Å². The molecule has 2 aromatic carbocycles. The summed E-state index contributed by atoms with van der Waals surface area (Å²) in [5, 5.41) is 8.79. The van der Waals surface area contributed by atoms with Crippen molar-refractivity contribution in [2.24, 2.45) is 0 Å². The van der Waals surface area contributed by atoms with Crippen LogP contribution in [0.1, 0.15) is 50.9 Å². The fourth-order valence-corrected chi connectivity index (χ4v) is 3.70. The molecule has 11 heteroatoms. The number of fused-ring (bicyclic) bond motifs is 2. The highest BCUT2D eigenvalue weighted by molar-refractivity contribution is 5.99. The summed E-state index contributed by atoms with van der Waals surface area (Å²) in [6, 6.07) is 11.0. The van der Waals surface area contributed by atoms with E-state index in [0.29, 0.717) is 47.0 Å². The van der Waals surface area contributed by atoms with Gasteiger partial charge >= 0.3 is 12.1 Å². The van der Waals surface area contributed by atoms with Crippen LogP contribution >= 0.6 is 0 Å². The Kier molecular flexibility index (Phi) is 9.64. The third kappa shape index (κ3) is 8.03. The summed E-state index contributed by atoms with van der Waals surface area (Å²) in [4.78, 5) is 62.7. The zero-order chi connectivity index (χ0) is 28.6. The largest absolute Gasteiger partial charge is 0.456 e. The van der Waals surface area contributed by atoms with E-state index in [2.05, 4.69) is 16.0 Å². The van der Waals surface area contributed by atoms with Gasteiger partial charge in [-0.3, -0.25) is 14.4 Å². The molecule has 11 nitrogen and oxygen atoms in total. The second-order valence-electron chi connectivity index (χ2n) is 9.80. The average molecular weight is 539 g/mol. The monoisotopic (exact) mass is 538 g/mol. The van der Waals surface area contributed by atoms with Crippen molar-refractivity contribution in [2.45, 2.75) is 46.1 Å². The lowest BCUT2D eigenvalue weighted by molar-refractivity contribution is -0.120. The minimum absolute atomic E-state index is 0.0261. The first-order valence-electron chi connectivity index (χ1n) is 12.8.